The highest BCUT2D eigenvalue weighted by Gasteiger charge is 2.15. The van der Waals surface area contributed by atoms with E-state index in [0.717, 1.165) is 16.2 Å². The number of anilines is 2. The van der Waals surface area contributed by atoms with Gasteiger partial charge < -0.3 is 5.32 Å². The molecule has 4 aromatic rings. The van der Waals surface area contributed by atoms with E-state index in [1.807, 2.05) is 0 Å². The summed E-state index contributed by atoms with van der Waals surface area (Å²) in [4.78, 5) is 27.9. The molecule has 0 radical (unpaired) electrons. The first-order valence-corrected chi connectivity index (χ1v) is 13.8. The highest BCUT2D eigenvalue weighted by molar-refractivity contribution is 8.00. The Morgan fingerprint density at radius 3 is 2.59 bits per heavy atom. The standard InChI is InChI=1S/C21H16N4O5S4/c26-19(23-21-22-18(12-33-21)14-3-1-4-16(11-14)25(27)28)13-32-17-8-6-15(7-9-17)24-34(29,30)20-5-2-10-31-20/h1-12,24H,13H2,(H,22,23,26). The van der Waals surface area contributed by atoms with E-state index in [0.29, 0.717) is 22.1 Å². The van der Waals surface area contributed by atoms with Crippen molar-refractivity contribution in [2.75, 3.05) is 15.8 Å². The van der Waals surface area contributed by atoms with Crippen molar-refractivity contribution in [1.29, 1.82) is 0 Å². The lowest BCUT2D eigenvalue weighted by atomic mass is 10.1. The van der Waals surface area contributed by atoms with Gasteiger partial charge in [-0.1, -0.05) is 18.2 Å². The monoisotopic (exact) mass is 532 g/mol. The second-order valence-electron chi connectivity index (χ2n) is 6.74. The molecule has 13 heteroatoms. The second-order valence-corrected chi connectivity index (χ2v) is 11.5. The summed E-state index contributed by atoms with van der Waals surface area (Å²) in [6.07, 6.45) is 0. The van der Waals surface area contributed by atoms with Gasteiger partial charge in [0.15, 0.2) is 5.13 Å². The fraction of sp³-hybridized carbons (Fsp3) is 0.0476. The molecule has 0 unspecified atom stereocenters. The summed E-state index contributed by atoms with van der Waals surface area (Å²) in [5.41, 5.74) is 1.53. The Bertz CT molecular complexity index is 1420. The molecule has 0 saturated carbocycles. The van der Waals surface area contributed by atoms with Gasteiger partial charge in [-0.3, -0.25) is 19.6 Å². The number of nitrogens with zero attached hydrogens (tertiary/aromatic N) is 2. The van der Waals surface area contributed by atoms with Crippen molar-refractivity contribution in [1.82, 2.24) is 4.98 Å². The second kappa shape index (κ2) is 10.3. The number of amides is 1. The maximum atomic E-state index is 12.3. The van der Waals surface area contributed by atoms with Crippen LogP contribution in [0.3, 0.4) is 0 Å². The number of nitrogens with one attached hydrogen (secondary N) is 2. The van der Waals surface area contributed by atoms with Crippen LogP contribution in [0.2, 0.25) is 0 Å². The maximum Gasteiger partial charge on any atom is 0.271 e. The molecule has 0 atom stereocenters. The molecule has 0 aliphatic heterocycles. The van der Waals surface area contributed by atoms with E-state index in [-0.39, 0.29) is 21.6 Å². The van der Waals surface area contributed by atoms with Crippen LogP contribution in [0, 0.1) is 10.1 Å². The van der Waals surface area contributed by atoms with E-state index >= 15 is 0 Å². The predicted molar refractivity (Wildman–Crippen MR) is 135 cm³/mol. The smallest absolute Gasteiger partial charge is 0.271 e. The number of carbonyl (C=O) groups excluding carboxylic acids is 1. The number of thiazole rings is 1. The Hall–Kier alpha value is -3.26. The Labute approximate surface area is 207 Å². The van der Waals surface area contributed by atoms with E-state index in [1.54, 1.807) is 53.2 Å². The molecular weight excluding hydrogens is 517 g/mol. The number of rotatable bonds is 9. The highest BCUT2D eigenvalue weighted by atomic mass is 32.2. The number of carbonyl (C=O) groups is 1. The van der Waals surface area contributed by atoms with Crippen molar-refractivity contribution in [3.8, 4) is 11.3 Å². The Kier molecular flexibility index (Phi) is 7.26. The Balaban J connectivity index is 1.31. The van der Waals surface area contributed by atoms with E-state index in [4.69, 9.17) is 0 Å². The minimum Gasteiger partial charge on any atom is -0.301 e. The summed E-state index contributed by atoms with van der Waals surface area (Å²) in [6.45, 7) is 0. The predicted octanol–water partition coefficient (Wildman–Crippen LogP) is 5.31. The van der Waals surface area contributed by atoms with Crippen LogP contribution in [-0.4, -0.2) is 30.0 Å². The molecule has 0 spiro atoms. The van der Waals surface area contributed by atoms with E-state index in [2.05, 4.69) is 15.0 Å². The topological polar surface area (TPSA) is 131 Å². The lowest BCUT2D eigenvalue weighted by Crippen LogP contribution is -2.13. The first kappa shape index (κ1) is 23.9. The minimum atomic E-state index is -3.61. The van der Waals surface area contributed by atoms with Gasteiger partial charge >= 0.3 is 0 Å². The van der Waals surface area contributed by atoms with Crippen LogP contribution < -0.4 is 10.0 Å². The Morgan fingerprint density at radius 2 is 1.88 bits per heavy atom. The van der Waals surface area contributed by atoms with Gasteiger partial charge in [0.1, 0.15) is 4.21 Å². The molecule has 9 nitrogen and oxygen atoms in total. The van der Waals surface area contributed by atoms with Crippen molar-refractivity contribution >= 4 is 66.9 Å². The summed E-state index contributed by atoms with van der Waals surface area (Å²) in [7, 11) is -3.61. The van der Waals surface area contributed by atoms with Gasteiger partial charge in [-0.15, -0.1) is 34.4 Å². The number of nitro benzene ring substituents is 1. The molecule has 1 amide bonds. The average Bonchev–Trinajstić information content (AvgIpc) is 3.52. The van der Waals surface area contributed by atoms with E-state index in [1.165, 1.54) is 41.3 Å². The molecule has 2 aromatic heterocycles. The molecule has 2 aromatic carbocycles. The van der Waals surface area contributed by atoms with Gasteiger partial charge in [-0.05, 0) is 35.7 Å². The number of thioether (sulfide) groups is 1. The molecule has 4 rings (SSSR count). The number of nitro groups is 1. The molecule has 2 N–H and O–H groups in total. The zero-order valence-corrected chi connectivity index (χ0v) is 20.5. The van der Waals surface area contributed by atoms with Crippen LogP contribution in [-0.2, 0) is 14.8 Å². The SMILES string of the molecule is O=C(CSc1ccc(NS(=O)(=O)c2cccs2)cc1)Nc1nc(-c2cccc([N+](=O)[O-])c2)cs1. The zero-order chi connectivity index (χ0) is 24.1. The van der Waals surface area contributed by atoms with Crippen LogP contribution in [0.5, 0.6) is 0 Å². The molecule has 34 heavy (non-hydrogen) atoms. The molecule has 0 aliphatic carbocycles. The summed E-state index contributed by atoms with van der Waals surface area (Å²) < 4.78 is 27.3. The average molecular weight is 533 g/mol. The van der Waals surface area contributed by atoms with Crippen molar-refractivity contribution in [3.63, 3.8) is 0 Å². The van der Waals surface area contributed by atoms with Gasteiger partial charge in [0, 0.05) is 33.7 Å². The number of benzene rings is 2. The summed E-state index contributed by atoms with van der Waals surface area (Å²) in [5, 5.41) is 17.5. The first-order chi connectivity index (χ1) is 16.3. The van der Waals surface area contributed by atoms with Gasteiger partial charge in [0.2, 0.25) is 5.91 Å². The third kappa shape index (κ3) is 5.99. The van der Waals surface area contributed by atoms with Gasteiger partial charge in [0.05, 0.1) is 16.4 Å². The fourth-order valence-corrected chi connectivity index (χ4v) is 6.27. The molecular formula is C21H16N4O5S4. The van der Waals surface area contributed by atoms with E-state index in [9.17, 15) is 23.3 Å². The summed E-state index contributed by atoms with van der Waals surface area (Å²) >= 11 is 3.66. The third-order valence-corrected chi connectivity index (χ3v) is 8.89. The van der Waals surface area contributed by atoms with Crippen LogP contribution >= 0.6 is 34.4 Å². The number of hydrogen-bond acceptors (Lipinski definition) is 9. The largest absolute Gasteiger partial charge is 0.301 e. The highest BCUT2D eigenvalue weighted by Crippen LogP contribution is 2.28. The van der Waals surface area contributed by atoms with Crippen LogP contribution in [0.25, 0.3) is 11.3 Å². The van der Waals surface area contributed by atoms with Crippen LogP contribution in [0.15, 0.2) is 80.5 Å². The van der Waals surface area contributed by atoms with E-state index < -0.39 is 14.9 Å². The third-order valence-electron chi connectivity index (χ3n) is 4.34. The first-order valence-electron chi connectivity index (χ1n) is 9.59. The number of aromatic nitrogens is 1. The molecule has 0 saturated heterocycles. The molecule has 0 bridgehead atoms. The van der Waals surface area contributed by atoms with Gasteiger partial charge in [0.25, 0.3) is 15.7 Å². The van der Waals surface area contributed by atoms with Crippen LogP contribution in [0.1, 0.15) is 0 Å². The summed E-state index contributed by atoms with van der Waals surface area (Å²) in [6, 6.07) is 16.1. The fourth-order valence-electron chi connectivity index (χ4n) is 2.79. The normalized spacial score (nSPS) is 11.2. The molecule has 2 heterocycles. The molecule has 174 valence electrons. The van der Waals surface area contributed by atoms with Gasteiger partial charge in [-0.2, -0.15) is 0 Å². The van der Waals surface area contributed by atoms with Crippen molar-refractivity contribution in [2.24, 2.45) is 0 Å². The van der Waals surface area contributed by atoms with Gasteiger partial charge in [-0.25, -0.2) is 13.4 Å². The van der Waals surface area contributed by atoms with Crippen LogP contribution in [0.4, 0.5) is 16.5 Å². The van der Waals surface area contributed by atoms with Crippen molar-refractivity contribution in [2.45, 2.75) is 9.10 Å². The number of sulfonamides is 1. The Morgan fingerprint density at radius 1 is 1.09 bits per heavy atom. The molecule has 0 aliphatic rings. The maximum absolute atomic E-state index is 12.3. The zero-order valence-electron chi connectivity index (χ0n) is 17.2. The number of hydrogen-bond donors (Lipinski definition) is 2. The van der Waals surface area contributed by atoms with Crippen molar-refractivity contribution < 1.29 is 18.1 Å². The number of thiophene rings is 1. The lowest BCUT2D eigenvalue weighted by molar-refractivity contribution is -0.384. The summed E-state index contributed by atoms with van der Waals surface area (Å²) in [5.74, 6) is -0.126. The van der Waals surface area contributed by atoms with Crippen molar-refractivity contribution in [3.05, 3.63) is 81.5 Å². The quantitative estimate of drug-likeness (QED) is 0.170. The lowest BCUT2D eigenvalue weighted by Gasteiger charge is -2.07. The minimum absolute atomic E-state index is 0.0298. The number of non-ortho nitro benzene ring substituents is 1. The molecule has 0 fully saturated rings.